The Morgan fingerprint density at radius 3 is 2.15 bits per heavy atom. The van der Waals surface area contributed by atoms with Gasteiger partial charge in [-0.15, -0.1) is 0 Å². The molecule has 0 radical (unpaired) electrons. The van der Waals surface area contributed by atoms with Crippen molar-refractivity contribution in [1.82, 2.24) is 0 Å². The summed E-state index contributed by atoms with van der Waals surface area (Å²) >= 11 is 0. The summed E-state index contributed by atoms with van der Waals surface area (Å²) in [5.74, 6) is 0.879. The van der Waals surface area contributed by atoms with Gasteiger partial charge in [0.25, 0.3) is 0 Å². The van der Waals surface area contributed by atoms with Crippen molar-refractivity contribution >= 4 is 17.6 Å². The number of esters is 1. The van der Waals surface area contributed by atoms with Crippen LogP contribution in [0.2, 0.25) is 0 Å². The Bertz CT molecular complexity index is 1180. The summed E-state index contributed by atoms with van der Waals surface area (Å²) in [5, 5.41) is 0. The normalized spacial score (nSPS) is 15.0. The van der Waals surface area contributed by atoms with E-state index in [2.05, 4.69) is 0 Å². The zero-order chi connectivity index (χ0) is 24.2. The number of methoxy groups -OCH3 is 1. The van der Waals surface area contributed by atoms with Crippen molar-refractivity contribution < 1.29 is 23.8 Å². The smallest absolute Gasteiger partial charge is 0.337 e. The second-order valence-corrected chi connectivity index (χ2v) is 8.16. The lowest BCUT2D eigenvalue weighted by molar-refractivity contribution is -0.118. The highest BCUT2D eigenvalue weighted by molar-refractivity contribution is 5.98. The predicted octanol–water partition coefficient (Wildman–Crippen LogP) is 5.26. The first-order chi connectivity index (χ1) is 16.5. The molecule has 6 heteroatoms. The molecule has 1 unspecified atom stereocenters. The fraction of sp³-hybridized carbons (Fsp3) is 0.286. The van der Waals surface area contributed by atoms with Crippen molar-refractivity contribution in [3.63, 3.8) is 0 Å². The summed E-state index contributed by atoms with van der Waals surface area (Å²) in [7, 11) is 1.36. The van der Waals surface area contributed by atoms with Gasteiger partial charge in [0.2, 0.25) is 5.91 Å². The van der Waals surface area contributed by atoms with E-state index >= 15 is 0 Å². The quantitative estimate of drug-likeness (QED) is 0.451. The highest BCUT2D eigenvalue weighted by atomic mass is 16.5. The molecule has 0 saturated carbocycles. The first kappa shape index (κ1) is 23.4. The van der Waals surface area contributed by atoms with Gasteiger partial charge < -0.3 is 19.1 Å². The first-order valence-electron chi connectivity index (χ1n) is 11.5. The molecular weight excluding hydrogens is 430 g/mol. The minimum atomic E-state index is -0.401. The van der Waals surface area contributed by atoms with Gasteiger partial charge in [0.1, 0.15) is 0 Å². The summed E-state index contributed by atoms with van der Waals surface area (Å²) in [6.07, 6.45) is 0.256. The zero-order valence-electron chi connectivity index (χ0n) is 20.0. The molecule has 4 rings (SSSR count). The number of benzene rings is 3. The SMILES string of the molecule is CCOc1cc2c(cc1OCC)C(c1ccc(C(=O)OC)cc1)N(c1ccc(C)cc1)C(=O)C2. The predicted molar refractivity (Wildman–Crippen MR) is 131 cm³/mol. The van der Waals surface area contributed by atoms with Crippen LogP contribution in [-0.2, 0) is 16.0 Å². The highest BCUT2D eigenvalue weighted by Gasteiger charge is 2.36. The molecule has 1 amide bonds. The third-order valence-electron chi connectivity index (χ3n) is 5.93. The van der Waals surface area contributed by atoms with Crippen LogP contribution in [0.4, 0.5) is 5.69 Å². The number of nitrogens with zero attached hydrogens (tertiary/aromatic N) is 1. The van der Waals surface area contributed by atoms with Crippen molar-refractivity contribution in [3.8, 4) is 11.5 Å². The maximum Gasteiger partial charge on any atom is 0.337 e. The largest absolute Gasteiger partial charge is 0.490 e. The van der Waals surface area contributed by atoms with Gasteiger partial charge in [-0.1, -0.05) is 29.8 Å². The molecule has 0 aliphatic carbocycles. The molecule has 3 aromatic carbocycles. The van der Waals surface area contributed by atoms with Crippen LogP contribution in [-0.4, -0.2) is 32.2 Å². The van der Waals surface area contributed by atoms with E-state index in [9.17, 15) is 9.59 Å². The van der Waals surface area contributed by atoms with E-state index in [1.807, 2.05) is 74.2 Å². The van der Waals surface area contributed by atoms with Crippen molar-refractivity contribution in [1.29, 1.82) is 0 Å². The fourth-order valence-electron chi connectivity index (χ4n) is 4.34. The maximum absolute atomic E-state index is 13.5. The van der Waals surface area contributed by atoms with E-state index in [-0.39, 0.29) is 18.4 Å². The van der Waals surface area contributed by atoms with Gasteiger partial charge in [-0.05, 0) is 73.9 Å². The van der Waals surface area contributed by atoms with Crippen LogP contribution in [0.15, 0.2) is 60.7 Å². The molecule has 0 bridgehead atoms. The van der Waals surface area contributed by atoms with E-state index in [0.29, 0.717) is 30.3 Å². The first-order valence-corrected chi connectivity index (χ1v) is 11.5. The molecule has 1 heterocycles. The standard InChI is InChI=1S/C28H29NO5/c1-5-33-24-15-21-16-26(30)29(22-13-7-18(3)8-14-22)27(23(21)17-25(24)34-6-2)19-9-11-20(12-10-19)28(31)32-4/h7-15,17,27H,5-6,16H2,1-4H3. The Morgan fingerprint density at radius 1 is 0.941 bits per heavy atom. The van der Waals surface area contributed by atoms with Crippen molar-refractivity contribution in [2.45, 2.75) is 33.2 Å². The minimum absolute atomic E-state index is 0.00925. The van der Waals surface area contributed by atoms with Crippen LogP contribution in [0.5, 0.6) is 11.5 Å². The topological polar surface area (TPSA) is 65.1 Å². The van der Waals surface area contributed by atoms with Gasteiger partial charge in [-0.2, -0.15) is 0 Å². The summed E-state index contributed by atoms with van der Waals surface area (Å²) in [6.45, 7) is 6.87. The van der Waals surface area contributed by atoms with Crippen LogP contribution < -0.4 is 14.4 Å². The molecule has 0 spiro atoms. The molecular formula is C28H29NO5. The fourth-order valence-corrected chi connectivity index (χ4v) is 4.34. The van der Waals surface area contributed by atoms with E-state index in [1.54, 1.807) is 12.1 Å². The lowest BCUT2D eigenvalue weighted by atomic mass is 9.86. The Morgan fingerprint density at radius 2 is 1.56 bits per heavy atom. The van der Waals surface area contributed by atoms with Crippen LogP contribution in [0.1, 0.15) is 52.5 Å². The van der Waals surface area contributed by atoms with Crippen molar-refractivity contribution in [3.05, 3.63) is 88.5 Å². The maximum atomic E-state index is 13.5. The summed E-state index contributed by atoms with van der Waals surface area (Å²) in [4.78, 5) is 27.3. The number of hydrogen-bond acceptors (Lipinski definition) is 5. The molecule has 0 saturated heterocycles. The third kappa shape index (κ3) is 4.49. The van der Waals surface area contributed by atoms with Gasteiger partial charge in [0, 0.05) is 5.69 Å². The number of hydrogen-bond donors (Lipinski definition) is 0. The van der Waals surface area contributed by atoms with Gasteiger partial charge in [0.15, 0.2) is 11.5 Å². The van der Waals surface area contributed by atoms with E-state index in [4.69, 9.17) is 14.2 Å². The van der Waals surface area contributed by atoms with E-state index in [1.165, 1.54) is 7.11 Å². The molecule has 0 N–H and O–H groups in total. The number of amides is 1. The summed E-state index contributed by atoms with van der Waals surface area (Å²) in [6, 6.07) is 18.6. The van der Waals surface area contributed by atoms with Gasteiger partial charge >= 0.3 is 5.97 Å². The third-order valence-corrected chi connectivity index (χ3v) is 5.93. The Balaban J connectivity index is 1.89. The minimum Gasteiger partial charge on any atom is -0.490 e. The van der Waals surface area contributed by atoms with Gasteiger partial charge in [-0.3, -0.25) is 4.79 Å². The lowest BCUT2D eigenvalue weighted by Crippen LogP contribution is -2.41. The molecule has 1 atom stereocenters. The van der Waals surface area contributed by atoms with E-state index in [0.717, 1.165) is 27.9 Å². The average Bonchev–Trinajstić information content (AvgIpc) is 2.84. The molecule has 3 aromatic rings. The van der Waals surface area contributed by atoms with Crippen LogP contribution in [0.3, 0.4) is 0 Å². The Kier molecular flexibility index (Phi) is 6.87. The zero-order valence-corrected chi connectivity index (χ0v) is 20.0. The number of carbonyl (C=O) groups is 2. The van der Waals surface area contributed by atoms with Crippen LogP contribution in [0.25, 0.3) is 0 Å². The average molecular weight is 460 g/mol. The highest BCUT2D eigenvalue weighted by Crippen LogP contribution is 2.43. The number of carbonyl (C=O) groups excluding carboxylic acids is 2. The van der Waals surface area contributed by atoms with Gasteiger partial charge in [0.05, 0.1) is 38.3 Å². The second-order valence-electron chi connectivity index (χ2n) is 8.16. The Labute approximate surface area is 200 Å². The van der Waals surface area contributed by atoms with E-state index < -0.39 is 5.97 Å². The molecule has 1 aliphatic heterocycles. The Hall–Kier alpha value is -3.80. The van der Waals surface area contributed by atoms with Crippen molar-refractivity contribution in [2.75, 3.05) is 25.2 Å². The molecule has 6 nitrogen and oxygen atoms in total. The number of ether oxygens (including phenoxy) is 3. The molecule has 1 aliphatic rings. The lowest BCUT2D eigenvalue weighted by Gasteiger charge is -2.38. The number of rotatable bonds is 7. The molecule has 176 valence electrons. The molecule has 34 heavy (non-hydrogen) atoms. The monoisotopic (exact) mass is 459 g/mol. The van der Waals surface area contributed by atoms with Gasteiger partial charge in [-0.25, -0.2) is 4.79 Å². The van der Waals surface area contributed by atoms with Crippen molar-refractivity contribution in [2.24, 2.45) is 0 Å². The molecule has 0 fully saturated rings. The molecule has 0 aromatic heterocycles. The summed E-state index contributed by atoms with van der Waals surface area (Å²) < 4.78 is 16.5. The number of aryl methyl sites for hydroxylation is 1. The van der Waals surface area contributed by atoms with Crippen LogP contribution in [0, 0.1) is 6.92 Å². The number of fused-ring (bicyclic) bond motifs is 1. The number of anilines is 1. The summed E-state index contributed by atoms with van der Waals surface area (Å²) in [5.41, 5.74) is 5.15. The second kappa shape index (κ2) is 10.00. The van der Waals surface area contributed by atoms with Crippen LogP contribution >= 0.6 is 0 Å².